The fourth-order valence-electron chi connectivity index (χ4n) is 2.66. The number of likely N-dealkylation sites (N-methyl/N-ethyl adjacent to an activating group) is 1. The maximum absolute atomic E-state index is 5.98. The minimum Gasteiger partial charge on any atom is -0.361 e. The number of nitrogens with one attached hydrogen (secondary N) is 2. The number of H-pyrrole nitrogens is 1. The second-order valence-electron chi connectivity index (χ2n) is 5.13. The Bertz CT molecular complexity index is 549. The molecule has 3 nitrogen and oxygen atoms in total. The smallest absolute Gasteiger partial charge is 0.0472 e. The zero-order chi connectivity index (χ0) is 12.5. The largest absolute Gasteiger partial charge is 0.361 e. The van der Waals surface area contributed by atoms with Gasteiger partial charge in [-0.2, -0.15) is 0 Å². The van der Waals surface area contributed by atoms with E-state index in [4.69, 9.17) is 11.6 Å². The fraction of sp³-hybridized carbons (Fsp3) is 0.429. The topological polar surface area (TPSA) is 31.1 Å². The first-order valence-electron chi connectivity index (χ1n) is 6.40. The molecule has 1 fully saturated rings. The molecule has 4 heteroatoms. The number of likely N-dealkylation sites (tertiary alicyclic amines) is 1. The molecule has 1 aliphatic rings. The molecule has 0 bridgehead atoms. The van der Waals surface area contributed by atoms with Gasteiger partial charge >= 0.3 is 0 Å². The molecule has 2 N–H and O–H groups in total. The van der Waals surface area contributed by atoms with Crippen LogP contribution in [-0.4, -0.2) is 36.1 Å². The maximum atomic E-state index is 5.98. The van der Waals surface area contributed by atoms with Crippen molar-refractivity contribution in [3.63, 3.8) is 0 Å². The minimum absolute atomic E-state index is 0.618. The van der Waals surface area contributed by atoms with Crippen LogP contribution in [0, 0.1) is 0 Å². The van der Waals surface area contributed by atoms with Crippen LogP contribution in [-0.2, 0) is 6.54 Å². The lowest BCUT2D eigenvalue weighted by Crippen LogP contribution is -2.30. The molecule has 0 amide bonds. The highest BCUT2D eigenvalue weighted by Gasteiger charge is 2.18. The second-order valence-corrected chi connectivity index (χ2v) is 5.57. The Morgan fingerprint density at radius 1 is 1.50 bits per heavy atom. The highest BCUT2D eigenvalue weighted by atomic mass is 35.5. The average Bonchev–Trinajstić information content (AvgIpc) is 2.92. The first-order chi connectivity index (χ1) is 8.72. The van der Waals surface area contributed by atoms with Gasteiger partial charge in [-0.3, -0.25) is 0 Å². The normalized spacial score (nSPS) is 20.9. The molecule has 2 aromatic rings. The van der Waals surface area contributed by atoms with Crippen molar-refractivity contribution in [3.05, 3.63) is 35.0 Å². The SMILES string of the molecule is CN1CCC(NCc2c[nH]c3cc(Cl)ccc23)C1. The van der Waals surface area contributed by atoms with Gasteiger partial charge in [0.15, 0.2) is 0 Å². The van der Waals surface area contributed by atoms with E-state index in [9.17, 15) is 0 Å². The number of nitrogens with zero attached hydrogens (tertiary/aromatic N) is 1. The van der Waals surface area contributed by atoms with Gasteiger partial charge in [0.05, 0.1) is 0 Å². The molecule has 1 unspecified atom stereocenters. The van der Waals surface area contributed by atoms with Gasteiger partial charge in [-0.15, -0.1) is 0 Å². The predicted octanol–water partition coefficient (Wildman–Crippen LogP) is 2.62. The summed E-state index contributed by atoms with van der Waals surface area (Å²) in [6.07, 6.45) is 3.32. The number of benzene rings is 1. The Morgan fingerprint density at radius 2 is 2.39 bits per heavy atom. The van der Waals surface area contributed by atoms with Crippen LogP contribution in [0.2, 0.25) is 5.02 Å². The Morgan fingerprint density at radius 3 is 3.17 bits per heavy atom. The van der Waals surface area contributed by atoms with Crippen molar-refractivity contribution in [2.45, 2.75) is 19.0 Å². The summed E-state index contributed by atoms with van der Waals surface area (Å²) < 4.78 is 0. The van der Waals surface area contributed by atoms with Crippen molar-refractivity contribution in [2.24, 2.45) is 0 Å². The molecule has 96 valence electrons. The van der Waals surface area contributed by atoms with Crippen molar-refractivity contribution in [1.29, 1.82) is 0 Å². The monoisotopic (exact) mass is 263 g/mol. The van der Waals surface area contributed by atoms with E-state index in [2.05, 4.69) is 34.5 Å². The Kier molecular flexibility index (Phi) is 3.29. The summed E-state index contributed by atoms with van der Waals surface area (Å²) in [5.74, 6) is 0. The lowest BCUT2D eigenvalue weighted by Gasteiger charge is -2.12. The number of halogens is 1. The van der Waals surface area contributed by atoms with Crippen LogP contribution >= 0.6 is 11.6 Å². The first-order valence-corrected chi connectivity index (χ1v) is 6.77. The molecule has 18 heavy (non-hydrogen) atoms. The maximum Gasteiger partial charge on any atom is 0.0472 e. The quantitative estimate of drug-likeness (QED) is 0.892. The molecule has 1 aliphatic heterocycles. The molecule has 2 heterocycles. The van der Waals surface area contributed by atoms with E-state index in [1.807, 2.05) is 12.1 Å². The van der Waals surface area contributed by atoms with E-state index >= 15 is 0 Å². The molecule has 0 spiro atoms. The summed E-state index contributed by atoms with van der Waals surface area (Å²) in [4.78, 5) is 5.65. The van der Waals surface area contributed by atoms with Crippen LogP contribution in [0.5, 0.6) is 0 Å². The van der Waals surface area contributed by atoms with Crippen molar-refractivity contribution in [3.8, 4) is 0 Å². The van der Waals surface area contributed by atoms with Crippen LogP contribution in [0.25, 0.3) is 10.9 Å². The fourth-order valence-corrected chi connectivity index (χ4v) is 2.83. The van der Waals surface area contributed by atoms with Gasteiger partial charge in [0.1, 0.15) is 0 Å². The zero-order valence-corrected chi connectivity index (χ0v) is 11.3. The van der Waals surface area contributed by atoms with Crippen molar-refractivity contribution in [2.75, 3.05) is 20.1 Å². The highest BCUT2D eigenvalue weighted by Crippen LogP contribution is 2.22. The number of rotatable bonds is 3. The van der Waals surface area contributed by atoms with Crippen molar-refractivity contribution >= 4 is 22.5 Å². The molecule has 1 aromatic heterocycles. The summed E-state index contributed by atoms with van der Waals surface area (Å²) in [5, 5.41) is 5.67. The molecular formula is C14H18ClN3. The standard InChI is InChI=1S/C14H18ClN3/c1-18-5-4-12(9-18)16-7-10-8-17-14-6-11(15)2-3-13(10)14/h2-3,6,8,12,16-17H,4-5,7,9H2,1H3. The third-order valence-electron chi connectivity index (χ3n) is 3.70. The van der Waals surface area contributed by atoms with E-state index in [-0.39, 0.29) is 0 Å². The third-order valence-corrected chi connectivity index (χ3v) is 3.94. The number of fused-ring (bicyclic) bond motifs is 1. The van der Waals surface area contributed by atoms with Crippen LogP contribution in [0.15, 0.2) is 24.4 Å². The molecular weight excluding hydrogens is 246 g/mol. The Hall–Kier alpha value is -1.03. The first kappa shape index (κ1) is 12.0. The summed E-state index contributed by atoms with van der Waals surface area (Å²) in [6, 6.07) is 6.63. The number of hydrogen-bond acceptors (Lipinski definition) is 2. The van der Waals surface area contributed by atoms with Crippen molar-refractivity contribution < 1.29 is 0 Å². The minimum atomic E-state index is 0.618. The third kappa shape index (κ3) is 2.39. The molecule has 3 rings (SSSR count). The predicted molar refractivity (Wildman–Crippen MR) is 76.1 cm³/mol. The van der Waals surface area contributed by atoms with Crippen LogP contribution in [0.4, 0.5) is 0 Å². The number of aromatic amines is 1. The van der Waals surface area contributed by atoms with Crippen LogP contribution in [0.3, 0.4) is 0 Å². The van der Waals surface area contributed by atoms with E-state index in [0.29, 0.717) is 6.04 Å². The summed E-state index contributed by atoms with van der Waals surface area (Å²) in [7, 11) is 2.18. The van der Waals surface area contributed by atoms with E-state index in [0.717, 1.165) is 23.6 Å². The van der Waals surface area contributed by atoms with E-state index in [1.165, 1.54) is 23.9 Å². The summed E-state index contributed by atoms with van der Waals surface area (Å²) in [6.45, 7) is 3.26. The van der Waals surface area contributed by atoms with Gasteiger partial charge in [-0.05, 0) is 37.7 Å². The van der Waals surface area contributed by atoms with Gasteiger partial charge in [-0.1, -0.05) is 17.7 Å². The molecule has 1 atom stereocenters. The molecule has 1 aromatic carbocycles. The number of hydrogen-bond donors (Lipinski definition) is 2. The summed E-state index contributed by atoms with van der Waals surface area (Å²) in [5.41, 5.74) is 2.43. The van der Waals surface area contributed by atoms with Crippen LogP contribution < -0.4 is 5.32 Å². The van der Waals surface area contributed by atoms with E-state index < -0.39 is 0 Å². The van der Waals surface area contributed by atoms with Crippen LogP contribution in [0.1, 0.15) is 12.0 Å². The highest BCUT2D eigenvalue weighted by molar-refractivity contribution is 6.31. The van der Waals surface area contributed by atoms with Gasteiger partial charge in [0.25, 0.3) is 0 Å². The lowest BCUT2D eigenvalue weighted by atomic mass is 10.1. The Balaban J connectivity index is 1.71. The van der Waals surface area contributed by atoms with Gasteiger partial charge in [-0.25, -0.2) is 0 Å². The molecule has 1 saturated heterocycles. The van der Waals surface area contributed by atoms with Crippen molar-refractivity contribution in [1.82, 2.24) is 15.2 Å². The summed E-state index contributed by atoms with van der Waals surface area (Å²) >= 11 is 5.98. The zero-order valence-electron chi connectivity index (χ0n) is 10.5. The second kappa shape index (κ2) is 4.92. The number of aromatic nitrogens is 1. The van der Waals surface area contributed by atoms with E-state index in [1.54, 1.807) is 0 Å². The van der Waals surface area contributed by atoms with Gasteiger partial charge in [0.2, 0.25) is 0 Å². The molecule has 0 aliphatic carbocycles. The van der Waals surface area contributed by atoms with Gasteiger partial charge < -0.3 is 15.2 Å². The van der Waals surface area contributed by atoms with Gasteiger partial charge in [0, 0.05) is 41.3 Å². The molecule has 0 saturated carbocycles. The average molecular weight is 264 g/mol. The Labute approximate surface area is 112 Å². The lowest BCUT2D eigenvalue weighted by molar-refractivity contribution is 0.398. The molecule has 0 radical (unpaired) electrons.